The first-order chi connectivity index (χ1) is 8.66. The van der Waals surface area contributed by atoms with Gasteiger partial charge in [0, 0.05) is 19.2 Å². The zero-order valence-electron chi connectivity index (χ0n) is 11.7. The molecule has 0 bridgehead atoms. The molecule has 1 atom stereocenters. The van der Waals surface area contributed by atoms with Gasteiger partial charge in [-0.2, -0.15) is 0 Å². The highest BCUT2D eigenvalue weighted by molar-refractivity contribution is 4.88. The molecular formula is C13H24N4O. The van der Waals surface area contributed by atoms with Crippen molar-refractivity contribution < 1.29 is 4.74 Å². The minimum absolute atomic E-state index is 0.418. The van der Waals surface area contributed by atoms with Gasteiger partial charge in [-0.25, -0.2) is 0 Å². The Morgan fingerprint density at radius 2 is 2.39 bits per heavy atom. The summed E-state index contributed by atoms with van der Waals surface area (Å²) in [6.07, 6.45) is 4.29. The molecule has 2 heterocycles. The van der Waals surface area contributed by atoms with Crippen LogP contribution in [0.5, 0.6) is 0 Å². The summed E-state index contributed by atoms with van der Waals surface area (Å²) in [6.45, 7) is 8.08. The maximum absolute atomic E-state index is 5.52. The Labute approximate surface area is 109 Å². The van der Waals surface area contributed by atoms with E-state index in [0.717, 1.165) is 32.1 Å². The number of aromatic nitrogens is 3. The van der Waals surface area contributed by atoms with Gasteiger partial charge in [-0.1, -0.05) is 0 Å². The fourth-order valence-corrected chi connectivity index (χ4v) is 2.51. The van der Waals surface area contributed by atoms with E-state index in [9.17, 15) is 0 Å². The highest BCUT2D eigenvalue weighted by atomic mass is 16.5. The fraction of sp³-hybridized carbons (Fsp3) is 0.846. The van der Waals surface area contributed by atoms with Gasteiger partial charge in [0.05, 0.1) is 13.2 Å². The number of nitrogens with zero attached hydrogens (tertiary/aromatic N) is 4. The molecule has 0 radical (unpaired) electrons. The monoisotopic (exact) mass is 252 g/mol. The van der Waals surface area contributed by atoms with Crippen molar-refractivity contribution in [3.8, 4) is 0 Å². The summed E-state index contributed by atoms with van der Waals surface area (Å²) in [6, 6.07) is 0.418. The quantitative estimate of drug-likeness (QED) is 0.800. The van der Waals surface area contributed by atoms with Gasteiger partial charge >= 0.3 is 0 Å². The van der Waals surface area contributed by atoms with Gasteiger partial charge in [-0.3, -0.25) is 4.90 Å². The molecule has 2 rings (SSSR count). The second-order valence-corrected chi connectivity index (χ2v) is 5.53. The van der Waals surface area contributed by atoms with Crippen molar-refractivity contribution in [3.63, 3.8) is 0 Å². The maximum Gasteiger partial charge on any atom is 0.147 e. The SMILES string of the molecule is CC(C)n1cnnc1CN(C)CC1CCCOC1. The predicted molar refractivity (Wildman–Crippen MR) is 70.3 cm³/mol. The van der Waals surface area contributed by atoms with Crippen LogP contribution in [0.4, 0.5) is 0 Å². The van der Waals surface area contributed by atoms with Gasteiger partial charge in [-0.05, 0) is 39.7 Å². The minimum Gasteiger partial charge on any atom is -0.381 e. The van der Waals surface area contributed by atoms with Crippen LogP contribution < -0.4 is 0 Å². The minimum atomic E-state index is 0.418. The molecule has 0 aromatic carbocycles. The predicted octanol–water partition coefficient (Wildman–Crippen LogP) is 1.72. The zero-order valence-corrected chi connectivity index (χ0v) is 11.7. The van der Waals surface area contributed by atoms with E-state index < -0.39 is 0 Å². The number of hydrogen-bond donors (Lipinski definition) is 0. The van der Waals surface area contributed by atoms with Crippen LogP contribution in [0.3, 0.4) is 0 Å². The highest BCUT2D eigenvalue weighted by Crippen LogP contribution is 2.15. The Hall–Kier alpha value is -0.940. The van der Waals surface area contributed by atoms with Crippen LogP contribution in [0.1, 0.15) is 38.6 Å². The first-order valence-electron chi connectivity index (χ1n) is 6.81. The molecule has 1 saturated heterocycles. The fourth-order valence-electron chi connectivity index (χ4n) is 2.51. The van der Waals surface area contributed by atoms with Gasteiger partial charge in [-0.15, -0.1) is 10.2 Å². The second kappa shape index (κ2) is 6.29. The molecule has 1 aliphatic heterocycles. The van der Waals surface area contributed by atoms with Gasteiger partial charge in [0.15, 0.2) is 0 Å². The average molecular weight is 252 g/mol. The number of rotatable bonds is 5. The summed E-state index contributed by atoms with van der Waals surface area (Å²) >= 11 is 0. The van der Waals surface area contributed by atoms with E-state index in [1.165, 1.54) is 12.8 Å². The molecule has 0 spiro atoms. The van der Waals surface area contributed by atoms with E-state index in [1.54, 1.807) is 0 Å². The van der Waals surface area contributed by atoms with E-state index >= 15 is 0 Å². The molecule has 5 heteroatoms. The van der Waals surface area contributed by atoms with Gasteiger partial charge in [0.1, 0.15) is 12.2 Å². The molecule has 1 fully saturated rings. The summed E-state index contributed by atoms with van der Waals surface area (Å²) in [5.74, 6) is 1.71. The Bertz CT molecular complexity index is 358. The summed E-state index contributed by atoms with van der Waals surface area (Å²) in [7, 11) is 2.15. The van der Waals surface area contributed by atoms with Crippen LogP contribution >= 0.6 is 0 Å². The van der Waals surface area contributed by atoms with Crippen LogP contribution in [-0.2, 0) is 11.3 Å². The van der Waals surface area contributed by atoms with Gasteiger partial charge in [0.25, 0.3) is 0 Å². The molecule has 1 aliphatic rings. The summed E-state index contributed by atoms with van der Waals surface area (Å²) in [5.41, 5.74) is 0. The lowest BCUT2D eigenvalue weighted by molar-refractivity contribution is 0.0407. The molecule has 5 nitrogen and oxygen atoms in total. The molecule has 1 unspecified atom stereocenters. The smallest absolute Gasteiger partial charge is 0.147 e. The van der Waals surface area contributed by atoms with E-state index in [0.29, 0.717) is 12.0 Å². The Morgan fingerprint density at radius 1 is 1.56 bits per heavy atom. The summed E-state index contributed by atoms with van der Waals surface area (Å²) in [5, 5.41) is 8.22. The van der Waals surface area contributed by atoms with E-state index in [2.05, 4.69) is 40.6 Å². The lowest BCUT2D eigenvalue weighted by Crippen LogP contribution is -2.31. The highest BCUT2D eigenvalue weighted by Gasteiger charge is 2.17. The third kappa shape index (κ3) is 3.53. The van der Waals surface area contributed by atoms with Crippen LogP contribution in [-0.4, -0.2) is 46.5 Å². The van der Waals surface area contributed by atoms with Crippen molar-refractivity contribution in [1.82, 2.24) is 19.7 Å². The van der Waals surface area contributed by atoms with Crippen molar-refractivity contribution in [2.45, 2.75) is 39.3 Å². The van der Waals surface area contributed by atoms with Crippen LogP contribution in [0, 0.1) is 5.92 Å². The molecule has 1 aromatic rings. The summed E-state index contributed by atoms with van der Waals surface area (Å²) < 4.78 is 7.65. The largest absolute Gasteiger partial charge is 0.381 e. The van der Waals surface area contributed by atoms with E-state index in [-0.39, 0.29) is 0 Å². The number of hydrogen-bond acceptors (Lipinski definition) is 4. The van der Waals surface area contributed by atoms with E-state index in [4.69, 9.17) is 4.74 Å². The molecule has 102 valence electrons. The van der Waals surface area contributed by atoms with Crippen molar-refractivity contribution >= 4 is 0 Å². The molecule has 0 saturated carbocycles. The van der Waals surface area contributed by atoms with Crippen molar-refractivity contribution in [3.05, 3.63) is 12.2 Å². The first kappa shape index (κ1) is 13.5. The third-order valence-electron chi connectivity index (χ3n) is 3.44. The summed E-state index contributed by atoms with van der Waals surface area (Å²) in [4.78, 5) is 2.32. The third-order valence-corrected chi connectivity index (χ3v) is 3.44. The topological polar surface area (TPSA) is 43.2 Å². The van der Waals surface area contributed by atoms with E-state index in [1.807, 2.05) is 6.33 Å². The molecular weight excluding hydrogens is 228 g/mol. The van der Waals surface area contributed by atoms with Crippen molar-refractivity contribution in [1.29, 1.82) is 0 Å². The van der Waals surface area contributed by atoms with Crippen LogP contribution in [0.2, 0.25) is 0 Å². The lowest BCUT2D eigenvalue weighted by Gasteiger charge is -2.27. The van der Waals surface area contributed by atoms with Gasteiger partial charge < -0.3 is 9.30 Å². The normalized spacial score (nSPS) is 20.8. The Kier molecular flexibility index (Phi) is 4.72. The molecule has 0 amide bonds. The van der Waals surface area contributed by atoms with Crippen LogP contribution in [0.15, 0.2) is 6.33 Å². The number of ether oxygens (including phenoxy) is 1. The molecule has 0 N–H and O–H groups in total. The second-order valence-electron chi connectivity index (χ2n) is 5.53. The average Bonchev–Trinajstić information content (AvgIpc) is 2.78. The molecule has 1 aromatic heterocycles. The maximum atomic E-state index is 5.52. The Balaban J connectivity index is 1.86. The molecule has 0 aliphatic carbocycles. The lowest BCUT2D eigenvalue weighted by atomic mass is 10.0. The van der Waals surface area contributed by atoms with Crippen molar-refractivity contribution in [2.24, 2.45) is 5.92 Å². The van der Waals surface area contributed by atoms with Crippen LogP contribution in [0.25, 0.3) is 0 Å². The van der Waals surface area contributed by atoms with Gasteiger partial charge in [0.2, 0.25) is 0 Å². The van der Waals surface area contributed by atoms with Crippen molar-refractivity contribution in [2.75, 3.05) is 26.8 Å². The standard InChI is InChI=1S/C13H24N4O/c1-11(2)17-10-14-15-13(17)8-16(3)7-12-5-4-6-18-9-12/h10-12H,4-9H2,1-3H3. The Morgan fingerprint density at radius 3 is 3.06 bits per heavy atom. The molecule has 18 heavy (non-hydrogen) atoms. The first-order valence-corrected chi connectivity index (χ1v) is 6.81. The zero-order chi connectivity index (χ0) is 13.0.